The van der Waals surface area contributed by atoms with Crippen LogP contribution < -0.4 is 0 Å². The van der Waals surface area contributed by atoms with E-state index >= 15 is 0 Å². The van der Waals surface area contributed by atoms with Gasteiger partial charge >= 0.3 is 0 Å². The van der Waals surface area contributed by atoms with Gasteiger partial charge in [-0.2, -0.15) is 0 Å². The van der Waals surface area contributed by atoms with E-state index in [-0.39, 0.29) is 5.41 Å². The smallest absolute Gasteiger partial charge is 0.133 e. The molecule has 0 spiro atoms. The van der Waals surface area contributed by atoms with Gasteiger partial charge in [0.1, 0.15) is 5.78 Å². The summed E-state index contributed by atoms with van der Waals surface area (Å²) in [5.74, 6) is 3.74. The number of rotatable bonds is 1. The Morgan fingerprint density at radius 2 is 1.77 bits per heavy atom. The van der Waals surface area contributed by atoms with Crippen molar-refractivity contribution < 1.29 is 9.90 Å². The molecule has 4 aliphatic rings. The highest BCUT2D eigenvalue weighted by Crippen LogP contribution is 2.69. The highest BCUT2D eigenvalue weighted by Gasteiger charge is 2.65. The van der Waals surface area contributed by atoms with E-state index in [0.717, 1.165) is 37.5 Å². The molecule has 26 heavy (non-hydrogen) atoms. The highest BCUT2D eigenvalue weighted by atomic mass is 16.3. The lowest BCUT2D eigenvalue weighted by molar-refractivity contribution is -0.162. The number of carbonyl (C=O) groups excluding carboxylic acids is 1. The summed E-state index contributed by atoms with van der Waals surface area (Å²) in [6.07, 6.45) is 10.7. The van der Waals surface area contributed by atoms with Crippen molar-refractivity contribution >= 4 is 5.78 Å². The number of aliphatic hydroxyl groups is 1. The second-order valence-corrected chi connectivity index (χ2v) is 10.7. The van der Waals surface area contributed by atoms with Crippen LogP contribution in [0, 0.1) is 40.4 Å². The van der Waals surface area contributed by atoms with E-state index in [9.17, 15) is 9.90 Å². The van der Waals surface area contributed by atoms with Gasteiger partial charge < -0.3 is 5.11 Å². The fraction of sp³-hybridized carbons (Fsp3) is 0.875. The number of hydrogen-bond donors (Lipinski definition) is 1. The number of ketones is 1. The maximum absolute atomic E-state index is 12.2. The molecule has 0 amide bonds. The first-order valence-corrected chi connectivity index (χ1v) is 11.1. The molecule has 4 aliphatic carbocycles. The molecule has 0 aromatic rings. The number of carbonyl (C=O) groups is 1. The van der Waals surface area contributed by atoms with Crippen molar-refractivity contribution in [1.82, 2.24) is 0 Å². The lowest BCUT2D eigenvalue weighted by Gasteiger charge is -2.62. The van der Waals surface area contributed by atoms with Gasteiger partial charge in [0.05, 0.1) is 5.60 Å². The van der Waals surface area contributed by atoms with Crippen LogP contribution in [0.25, 0.3) is 0 Å². The lowest BCUT2D eigenvalue weighted by atomic mass is 9.42. The van der Waals surface area contributed by atoms with Gasteiger partial charge in [0.2, 0.25) is 0 Å². The maximum Gasteiger partial charge on any atom is 0.133 e. The average molecular weight is 359 g/mol. The van der Waals surface area contributed by atoms with Gasteiger partial charge in [-0.25, -0.2) is 0 Å². The molecule has 2 heteroatoms. The minimum absolute atomic E-state index is 0.0294. The van der Waals surface area contributed by atoms with Crippen molar-refractivity contribution in [2.24, 2.45) is 40.4 Å². The molecule has 0 heterocycles. The number of Topliss-reactive ketones (excluding diaryl/α,β-unsaturated/α-hetero) is 1. The predicted molar refractivity (Wildman–Crippen MR) is 106 cm³/mol. The lowest BCUT2D eigenvalue weighted by Crippen LogP contribution is -2.58. The molecule has 0 aliphatic heterocycles. The first-order chi connectivity index (χ1) is 12.2. The zero-order chi connectivity index (χ0) is 18.9. The van der Waals surface area contributed by atoms with E-state index in [2.05, 4.69) is 40.7 Å². The zero-order valence-electron chi connectivity index (χ0n) is 17.5. The van der Waals surface area contributed by atoms with Crippen LogP contribution in [0.1, 0.15) is 86.0 Å². The molecule has 146 valence electrons. The summed E-state index contributed by atoms with van der Waals surface area (Å²) in [6, 6.07) is 0. The van der Waals surface area contributed by atoms with E-state index in [1.165, 1.54) is 31.3 Å². The Morgan fingerprint density at radius 1 is 1.08 bits per heavy atom. The van der Waals surface area contributed by atoms with Crippen LogP contribution in [0.15, 0.2) is 11.6 Å². The molecule has 3 unspecified atom stereocenters. The number of allylic oxidation sites excluding steroid dienone is 1. The minimum Gasteiger partial charge on any atom is -0.385 e. The van der Waals surface area contributed by atoms with Crippen molar-refractivity contribution in [1.29, 1.82) is 0 Å². The van der Waals surface area contributed by atoms with Gasteiger partial charge in [-0.1, -0.05) is 26.8 Å². The molecule has 4 fully saturated rings. The number of fused-ring (bicyclic) bond motifs is 5. The molecule has 0 aromatic carbocycles. The van der Waals surface area contributed by atoms with Crippen LogP contribution in [0.5, 0.6) is 0 Å². The Bertz CT molecular complexity index is 636. The molecule has 0 bridgehead atoms. The van der Waals surface area contributed by atoms with Gasteiger partial charge in [0.25, 0.3) is 0 Å². The summed E-state index contributed by atoms with van der Waals surface area (Å²) < 4.78 is 0. The highest BCUT2D eigenvalue weighted by molar-refractivity contribution is 5.80. The van der Waals surface area contributed by atoms with Gasteiger partial charge in [0, 0.05) is 18.3 Å². The standard InChI is InChI=1S/C24H38O2/c1-6-15(2)24(26)12-10-20-19-8-7-17-14-18(25)13-16(3)23(17,5)21(19)9-11-22(20,24)4/h6,16-17,19-21,26H,7-14H2,1-5H3/t16?,17?,19-,20-,21+,22-,23-,24?/m0/s1. The summed E-state index contributed by atoms with van der Waals surface area (Å²) in [5.41, 5.74) is 0.928. The van der Waals surface area contributed by atoms with Crippen LogP contribution in [0.3, 0.4) is 0 Å². The fourth-order valence-corrected chi connectivity index (χ4v) is 8.38. The van der Waals surface area contributed by atoms with Crippen LogP contribution in [-0.2, 0) is 4.79 Å². The number of hydrogen-bond acceptors (Lipinski definition) is 2. The largest absolute Gasteiger partial charge is 0.385 e. The van der Waals surface area contributed by atoms with E-state index < -0.39 is 5.60 Å². The second-order valence-electron chi connectivity index (χ2n) is 10.7. The van der Waals surface area contributed by atoms with Crippen molar-refractivity contribution in [2.75, 3.05) is 0 Å². The van der Waals surface area contributed by atoms with Crippen molar-refractivity contribution in [3.8, 4) is 0 Å². The molecule has 0 radical (unpaired) electrons. The summed E-state index contributed by atoms with van der Waals surface area (Å²) in [7, 11) is 0. The first kappa shape index (κ1) is 18.7. The van der Waals surface area contributed by atoms with E-state index in [4.69, 9.17) is 0 Å². The molecular formula is C24H38O2. The summed E-state index contributed by atoms with van der Waals surface area (Å²) in [5, 5.41) is 11.7. The van der Waals surface area contributed by atoms with E-state index in [1.54, 1.807) is 0 Å². The maximum atomic E-state index is 12.2. The van der Waals surface area contributed by atoms with Crippen molar-refractivity contribution in [2.45, 2.75) is 91.6 Å². The van der Waals surface area contributed by atoms with Gasteiger partial charge in [-0.3, -0.25) is 4.79 Å². The third-order valence-electron chi connectivity index (χ3n) is 10.3. The quantitative estimate of drug-likeness (QED) is 0.625. The Balaban J connectivity index is 1.68. The van der Waals surface area contributed by atoms with Crippen LogP contribution in [-0.4, -0.2) is 16.5 Å². The molecule has 0 saturated heterocycles. The SMILES string of the molecule is CC=C(C)C1(O)CC[C@H]2[C@@H]3CCC4CC(=O)CC(C)[C@]4(C)[C@@H]3CC[C@@]21C. The first-order valence-electron chi connectivity index (χ1n) is 11.1. The molecule has 1 N–H and O–H groups in total. The average Bonchev–Trinajstić information content (AvgIpc) is 2.88. The summed E-state index contributed by atoms with van der Waals surface area (Å²) >= 11 is 0. The van der Waals surface area contributed by atoms with E-state index in [0.29, 0.717) is 29.0 Å². The Morgan fingerprint density at radius 3 is 2.46 bits per heavy atom. The van der Waals surface area contributed by atoms with Gasteiger partial charge in [0.15, 0.2) is 0 Å². The fourth-order valence-electron chi connectivity index (χ4n) is 8.38. The minimum atomic E-state index is -0.608. The Hall–Kier alpha value is -0.630. The molecule has 0 aromatic heterocycles. The van der Waals surface area contributed by atoms with E-state index in [1.807, 2.05) is 0 Å². The molecule has 8 atom stereocenters. The summed E-state index contributed by atoms with van der Waals surface area (Å²) in [6.45, 7) is 11.5. The third kappa shape index (κ3) is 2.17. The molecule has 4 saturated carbocycles. The third-order valence-corrected chi connectivity index (χ3v) is 10.3. The van der Waals surface area contributed by atoms with Crippen LogP contribution >= 0.6 is 0 Å². The van der Waals surface area contributed by atoms with Crippen molar-refractivity contribution in [3.05, 3.63) is 11.6 Å². The summed E-state index contributed by atoms with van der Waals surface area (Å²) in [4.78, 5) is 12.2. The predicted octanol–water partition coefficient (Wildman–Crippen LogP) is 5.54. The van der Waals surface area contributed by atoms with Gasteiger partial charge in [-0.05, 0) is 93.0 Å². The second kappa shape index (κ2) is 5.93. The molecular weight excluding hydrogens is 320 g/mol. The normalized spacial score (nSPS) is 54.5. The topological polar surface area (TPSA) is 37.3 Å². The zero-order valence-corrected chi connectivity index (χ0v) is 17.5. The Labute approximate surface area is 159 Å². The van der Waals surface area contributed by atoms with Crippen LogP contribution in [0.4, 0.5) is 0 Å². The van der Waals surface area contributed by atoms with Crippen LogP contribution in [0.2, 0.25) is 0 Å². The molecule has 2 nitrogen and oxygen atoms in total. The molecule has 4 rings (SSSR count). The van der Waals surface area contributed by atoms with Crippen molar-refractivity contribution in [3.63, 3.8) is 0 Å². The monoisotopic (exact) mass is 358 g/mol. The van der Waals surface area contributed by atoms with Gasteiger partial charge in [-0.15, -0.1) is 0 Å². The Kier molecular flexibility index (Phi) is 4.27.